The number of carboxylic acids is 1. The van der Waals surface area contributed by atoms with Crippen molar-refractivity contribution in [3.63, 3.8) is 0 Å². The fourth-order valence-corrected chi connectivity index (χ4v) is 4.62. The van der Waals surface area contributed by atoms with Gasteiger partial charge >= 0.3 is 5.97 Å². The Kier molecular flexibility index (Phi) is 10.5. The van der Waals surface area contributed by atoms with E-state index in [-0.39, 0.29) is 44.0 Å². The molecule has 216 valence electrons. The highest BCUT2D eigenvalue weighted by Crippen LogP contribution is 2.29. The Morgan fingerprint density at radius 1 is 1.00 bits per heavy atom. The van der Waals surface area contributed by atoms with Gasteiger partial charge in [-0.3, -0.25) is 9.59 Å². The first-order valence-corrected chi connectivity index (χ1v) is 13.1. The first kappa shape index (κ1) is 30.8. The Bertz CT molecular complexity index is 1330. The lowest BCUT2D eigenvalue weighted by Crippen LogP contribution is -2.31. The molecule has 0 radical (unpaired) electrons. The summed E-state index contributed by atoms with van der Waals surface area (Å²) in [7, 11) is 0. The van der Waals surface area contributed by atoms with E-state index in [1.165, 1.54) is 39.9 Å². The third-order valence-corrected chi connectivity index (χ3v) is 6.57. The molecule has 3 rings (SSSR count). The number of benzene rings is 2. The molecule has 0 saturated heterocycles. The summed E-state index contributed by atoms with van der Waals surface area (Å²) in [4.78, 5) is 26.1. The van der Waals surface area contributed by atoms with Gasteiger partial charge in [0.15, 0.2) is 17.3 Å². The van der Waals surface area contributed by atoms with E-state index in [1.54, 1.807) is 6.92 Å². The molecule has 0 aliphatic carbocycles. The van der Waals surface area contributed by atoms with Gasteiger partial charge in [-0.05, 0) is 74.1 Å². The molecule has 0 spiro atoms. The Morgan fingerprint density at radius 3 is 2.25 bits per heavy atom. The van der Waals surface area contributed by atoms with Crippen LogP contribution >= 0.6 is 0 Å². The smallest absolute Gasteiger partial charge is 0.305 e. The normalized spacial score (nSPS) is 12.9. The highest BCUT2D eigenvalue weighted by atomic mass is 19.2. The van der Waals surface area contributed by atoms with Crippen LogP contribution in [0.1, 0.15) is 73.3 Å². The number of carbonyl (C=O) groups excluding carboxylic acids is 1. The van der Waals surface area contributed by atoms with Crippen LogP contribution in [0.5, 0.6) is 0 Å². The van der Waals surface area contributed by atoms with Gasteiger partial charge in [0, 0.05) is 24.3 Å². The Balaban J connectivity index is 1.99. The van der Waals surface area contributed by atoms with Crippen LogP contribution < -0.4 is 0 Å². The second-order valence-electron chi connectivity index (χ2n) is 10.00. The first-order chi connectivity index (χ1) is 18.9. The number of hydrogen-bond acceptors (Lipinski definition) is 5. The van der Waals surface area contributed by atoms with Crippen LogP contribution in [-0.4, -0.2) is 60.6 Å². The predicted octanol–water partition coefficient (Wildman–Crippen LogP) is 4.59. The van der Waals surface area contributed by atoms with E-state index in [2.05, 4.69) is 5.10 Å². The van der Waals surface area contributed by atoms with Crippen molar-refractivity contribution in [2.45, 2.75) is 71.1 Å². The average molecular weight is 562 g/mol. The van der Waals surface area contributed by atoms with Gasteiger partial charge in [-0.15, -0.1) is 0 Å². The van der Waals surface area contributed by atoms with Gasteiger partial charge in [0.25, 0.3) is 5.91 Å². The third-order valence-electron chi connectivity index (χ3n) is 6.57. The lowest BCUT2D eigenvalue weighted by molar-refractivity contribution is -0.139. The number of halogens is 3. The molecular weight excluding hydrogens is 527 g/mol. The summed E-state index contributed by atoms with van der Waals surface area (Å²) >= 11 is 0. The van der Waals surface area contributed by atoms with Gasteiger partial charge in [0.05, 0.1) is 24.3 Å². The molecule has 1 aromatic heterocycles. The van der Waals surface area contributed by atoms with Gasteiger partial charge < -0.3 is 20.2 Å². The van der Waals surface area contributed by atoms with Crippen molar-refractivity contribution in [1.82, 2.24) is 14.7 Å². The van der Waals surface area contributed by atoms with Crippen molar-refractivity contribution >= 4 is 11.9 Å². The van der Waals surface area contributed by atoms with Gasteiger partial charge in [-0.25, -0.2) is 17.9 Å². The third kappa shape index (κ3) is 7.70. The minimum Gasteiger partial charge on any atom is -0.481 e. The molecule has 0 unspecified atom stereocenters. The molecule has 1 amide bonds. The Morgan fingerprint density at radius 2 is 1.68 bits per heavy atom. The number of aromatic nitrogens is 2. The number of nitrogens with zero attached hydrogens (tertiary/aromatic N) is 3. The number of hydrogen-bond donors (Lipinski definition) is 3. The summed E-state index contributed by atoms with van der Waals surface area (Å²) in [5.74, 6) is -4.26. The number of aliphatic hydroxyl groups is 2. The van der Waals surface area contributed by atoms with Gasteiger partial charge in [0.2, 0.25) is 0 Å². The molecule has 11 heteroatoms. The van der Waals surface area contributed by atoms with E-state index < -0.39 is 48.0 Å². The van der Waals surface area contributed by atoms with Crippen molar-refractivity contribution in [3.8, 4) is 5.69 Å². The van der Waals surface area contributed by atoms with Crippen LogP contribution in [-0.2, 0) is 17.8 Å². The zero-order chi connectivity index (χ0) is 29.6. The molecule has 0 aliphatic rings. The maximum atomic E-state index is 13.8. The minimum atomic E-state index is -1.22. The SMILES string of the molecule is CCN(Cc1ccc(F)c(F)c1)C(=O)c1nn(-c2ccc(F)cc2)c(CC[C@@H](O)C[C@@H](O)CC(=O)O)c1C(C)C. The highest BCUT2D eigenvalue weighted by Gasteiger charge is 2.29. The molecule has 1 heterocycles. The lowest BCUT2D eigenvalue weighted by Gasteiger charge is -2.21. The fraction of sp³-hybridized carbons (Fsp3) is 0.414. The monoisotopic (exact) mass is 561 g/mol. The van der Waals surface area contributed by atoms with Crippen LogP contribution in [0.4, 0.5) is 13.2 Å². The average Bonchev–Trinajstić information content (AvgIpc) is 3.27. The van der Waals surface area contributed by atoms with Crippen LogP contribution in [0, 0.1) is 17.5 Å². The molecule has 0 saturated carbocycles. The summed E-state index contributed by atoms with van der Waals surface area (Å²) < 4.78 is 42.4. The van der Waals surface area contributed by atoms with Crippen molar-refractivity contribution in [2.75, 3.05) is 6.54 Å². The first-order valence-electron chi connectivity index (χ1n) is 13.1. The highest BCUT2D eigenvalue weighted by molar-refractivity contribution is 5.94. The number of aliphatic hydroxyl groups excluding tert-OH is 2. The maximum Gasteiger partial charge on any atom is 0.305 e. The van der Waals surface area contributed by atoms with E-state index in [0.29, 0.717) is 22.5 Å². The Labute approximate surface area is 230 Å². The van der Waals surface area contributed by atoms with Gasteiger partial charge in [-0.1, -0.05) is 19.9 Å². The summed E-state index contributed by atoms with van der Waals surface area (Å²) in [5.41, 5.74) is 2.24. The van der Waals surface area contributed by atoms with E-state index in [1.807, 2.05) is 13.8 Å². The van der Waals surface area contributed by atoms with E-state index >= 15 is 0 Å². The number of rotatable bonds is 13. The molecule has 0 bridgehead atoms. The second-order valence-corrected chi connectivity index (χ2v) is 10.00. The van der Waals surface area contributed by atoms with E-state index in [9.17, 15) is 33.0 Å². The summed E-state index contributed by atoms with van der Waals surface area (Å²) in [6.07, 6.45) is -2.51. The van der Waals surface area contributed by atoms with Gasteiger partial charge in [0.1, 0.15) is 5.82 Å². The molecule has 2 aromatic carbocycles. The topological polar surface area (TPSA) is 116 Å². The standard InChI is InChI=1S/C29H34F3N3O5/c1-4-34(16-18-5-11-23(31)24(32)13-18)29(40)28-27(17(2)3)25(12-10-21(36)14-22(37)15-26(38)39)35(33-28)20-8-6-19(30)7-9-20/h5-9,11,13,17,21-22,36-37H,4,10,12,14-16H2,1-3H3,(H,38,39)/t21-,22-/m1/s1. The zero-order valence-corrected chi connectivity index (χ0v) is 22.6. The largest absolute Gasteiger partial charge is 0.481 e. The quantitative estimate of drug-likeness (QED) is 0.281. The number of amides is 1. The van der Waals surface area contributed by atoms with Gasteiger partial charge in [-0.2, -0.15) is 5.10 Å². The predicted molar refractivity (Wildman–Crippen MR) is 142 cm³/mol. The molecule has 8 nitrogen and oxygen atoms in total. The Hall–Kier alpha value is -3.70. The van der Waals surface area contributed by atoms with E-state index in [0.717, 1.165) is 12.1 Å². The van der Waals surface area contributed by atoms with Crippen molar-refractivity contribution in [3.05, 3.63) is 82.4 Å². The fourth-order valence-electron chi connectivity index (χ4n) is 4.62. The molecule has 0 fully saturated rings. The van der Waals surface area contributed by atoms with Crippen LogP contribution in [0.15, 0.2) is 42.5 Å². The lowest BCUT2D eigenvalue weighted by atomic mass is 9.95. The van der Waals surface area contributed by atoms with Crippen LogP contribution in [0.25, 0.3) is 5.69 Å². The molecule has 3 N–H and O–H groups in total. The van der Waals surface area contributed by atoms with E-state index in [4.69, 9.17) is 5.11 Å². The van der Waals surface area contributed by atoms with Crippen molar-refractivity contribution in [1.29, 1.82) is 0 Å². The summed E-state index contributed by atoms with van der Waals surface area (Å²) in [6.45, 7) is 5.79. The molecular formula is C29H34F3N3O5. The number of carbonyl (C=O) groups is 2. The second kappa shape index (κ2) is 13.6. The van der Waals surface area contributed by atoms with Crippen LogP contribution in [0.3, 0.4) is 0 Å². The van der Waals surface area contributed by atoms with Crippen LogP contribution in [0.2, 0.25) is 0 Å². The number of aliphatic carboxylic acids is 1. The molecule has 0 aliphatic heterocycles. The zero-order valence-electron chi connectivity index (χ0n) is 22.6. The molecule has 40 heavy (non-hydrogen) atoms. The summed E-state index contributed by atoms with van der Waals surface area (Å²) in [5, 5.41) is 33.9. The number of carboxylic acid groups (broad SMARTS) is 1. The molecule has 3 aromatic rings. The minimum absolute atomic E-state index is 0.0169. The van der Waals surface area contributed by atoms with Crippen molar-refractivity contribution in [2.24, 2.45) is 0 Å². The maximum absolute atomic E-state index is 13.8. The van der Waals surface area contributed by atoms with Crippen molar-refractivity contribution < 1.29 is 38.1 Å². The summed E-state index contributed by atoms with van der Waals surface area (Å²) in [6, 6.07) is 8.98. The molecule has 2 atom stereocenters.